The van der Waals surface area contributed by atoms with Crippen LogP contribution in [-0.2, 0) is 5.41 Å². The number of fused-ring (bicyclic) bond motifs is 18. The normalized spacial score (nSPS) is 13.6. The van der Waals surface area contributed by atoms with Crippen LogP contribution in [0.15, 0.2) is 405 Å². The van der Waals surface area contributed by atoms with Gasteiger partial charge in [0.15, 0.2) is 0 Å². The first-order chi connectivity index (χ1) is 57.3. The summed E-state index contributed by atoms with van der Waals surface area (Å²) >= 11 is -7.27. The molecule has 0 atom stereocenters. The maximum atomic E-state index is 6.36. The SMILES string of the molecule is CC1(C)c2ccccc2-c2cc3c(cc21)c1ccccc1n3-c1ccc(-c2nc(-c3ccccc3)[c]3c(n2)-c2cccc[c]2[Ge]3([c]2ccccc2)[c]2ccccc2)cc1.c1ccc(-c2nc(-c3cccc(-n4c5ccccc5c5cc6oc7ccccc7c6cc54)c3)nc3[c]2[Ge]([c]2ccccc2)([c]2ccccc2)[c]2ccccc2-3)cc1. The number of benzene rings is 16. The summed E-state index contributed by atoms with van der Waals surface area (Å²) in [5.41, 5.74) is 24.7. The Balaban J connectivity index is 0.000000137. The van der Waals surface area contributed by atoms with Crippen molar-refractivity contribution in [3.8, 4) is 90.3 Å². The summed E-state index contributed by atoms with van der Waals surface area (Å²) in [7, 11) is 0. The predicted molar refractivity (Wildman–Crippen MR) is 485 cm³/mol. The van der Waals surface area contributed by atoms with Crippen LogP contribution in [0.4, 0.5) is 0 Å². The van der Waals surface area contributed by atoms with Gasteiger partial charge in [0.25, 0.3) is 0 Å². The van der Waals surface area contributed by atoms with E-state index >= 15 is 0 Å². The molecule has 7 nitrogen and oxygen atoms in total. The molecule has 16 aromatic carbocycles. The van der Waals surface area contributed by atoms with Crippen LogP contribution in [0.5, 0.6) is 0 Å². The van der Waals surface area contributed by atoms with Gasteiger partial charge in [0.05, 0.1) is 0 Å². The molecule has 9 heteroatoms. The Labute approximate surface area is 676 Å². The Morgan fingerprint density at radius 1 is 0.250 bits per heavy atom. The molecule has 0 radical (unpaired) electrons. The fraction of sp³-hybridized carbons (Fsp3) is 0.0280. The van der Waals surface area contributed by atoms with Gasteiger partial charge in [0.1, 0.15) is 5.58 Å². The number of para-hydroxylation sites is 3. The fourth-order valence-corrected chi connectivity index (χ4v) is 41.9. The zero-order chi connectivity index (χ0) is 76.8. The number of hydrogen-bond donors (Lipinski definition) is 0. The quantitative estimate of drug-likeness (QED) is 0.128. The summed E-state index contributed by atoms with van der Waals surface area (Å²) in [6.45, 7) is 4.72. The molecular weight excluding hydrogens is 1530 g/mol. The van der Waals surface area contributed by atoms with Crippen LogP contribution >= 0.6 is 0 Å². The van der Waals surface area contributed by atoms with Gasteiger partial charge in [-0.05, 0) is 22.8 Å². The Morgan fingerprint density at radius 2 is 0.664 bits per heavy atom. The van der Waals surface area contributed by atoms with Crippen molar-refractivity contribution in [2.75, 3.05) is 0 Å². The average molecular weight is 1600 g/mol. The second kappa shape index (κ2) is 26.6. The summed E-state index contributed by atoms with van der Waals surface area (Å²) in [4.78, 5) is 22.5. The zero-order valence-electron chi connectivity index (χ0n) is 63.7. The number of hydrogen-bond acceptors (Lipinski definition) is 5. The van der Waals surface area contributed by atoms with Crippen molar-refractivity contribution in [2.24, 2.45) is 0 Å². The number of furan rings is 1. The van der Waals surface area contributed by atoms with Gasteiger partial charge in [-0.2, -0.15) is 0 Å². The first kappa shape index (κ1) is 67.8. The maximum absolute atomic E-state index is 6.36. The molecule has 0 N–H and O–H groups in total. The summed E-state index contributed by atoms with van der Waals surface area (Å²) < 4.78 is 22.1. The Kier molecular flexibility index (Phi) is 15.6. The van der Waals surface area contributed by atoms with Crippen LogP contribution in [0, 0.1) is 0 Å². The van der Waals surface area contributed by atoms with Gasteiger partial charge in [-0.3, -0.25) is 0 Å². The van der Waals surface area contributed by atoms with Crippen LogP contribution in [0.3, 0.4) is 0 Å². The third kappa shape index (κ3) is 10.1. The fourth-order valence-electron chi connectivity index (χ4n) is 19.9. The molecular formula is C107H72Ge2N6O. The van der Waals surface area contributed by atoms with Crippen molar-refractivity contribution < 1.29 is 4.42 Å². The van der Waals surface area contributed by atoms with Crippen molar-refractivity contribution in [2.45, 2.75) is 19.3 Å². The molecule has 0 fully saturated rings. The second-order valence-electron chi connectivity index (χ2n) is 31.4. The van der Waals surface area contributed by atoms with E-state index in [4.69, 9.17) is 24.4 Å². The summed E-state index contributed by atoms with van der Waals surface area (Å²) in [6, 6.07) is 146. The standard InChI is InChI=1S/C55H39GeN3.C52H33GeN3O/c1-55(2)46-27-15-12-24-41(46)44-35-50-45(34-47(44)55)42-25-14-17-29-49(42)59(50)40-32-30-37(31-33-40)54-57-52(36-18-6-3-7-19-36)51-53(58-54)43-26-13-16-28-48(43)56(51,38-20-8-4-9-21-38)39-22-10-5-11-23-39;1-4-17-34(18-5-1)50-49-51(41-27-10-13-28-44(41)53(49,36-20-6-2-7-21-36)37-22-8-3-9-23-37)55-52(54-50)35-19-16-24-38(31-35)56-45-29-14-11-25-39(45)42-33-48-43(32-46(42)56)40-26-12-15-30-47(40)57-48/h3-35H,1-2H3;1-33H. The number of nitrogens with zero attached hydrogens (tertiary/aromatic N) is 6. The van der Waals surface area contributed by atoms with Gasteiger partial charge in [-0.15, -0.1) is 0 Å². The number of rotatable bonds is 10. The summed E-state index contributed by atoms with van der Waals surface area (Å²) in [6.07, 6.45) is 0. The van der Waals surface area contributed by atoms with Crippen LogP contribution in [0.25, 0.3) is 156 Å². The first-order valence-corrected chi connectivity index (χ1v) is 48.3. The third-order valence-electron chi connectivity index (χ3n) is 25.0. The average Bonchev–Trinajstić information content (AvgIpc) is 1.52. The van der Waals surface area contributed by atoms with Gasteiger partial charge in [0.2, 0.25) is 0 Å². The Morgan fingerprint density at radius 3 is 1.21 bits per heavy atom. The molecule has 5 aromatic heterocycles. The molecule has 116 heavy (non-hydrogen) atoms. The van der Waals surface area contributed by atoms with Gasteiger partial charge in [-0.1, -0.05) is 62.4 Å². The van der Waals surface area contributed by atoms with E-state index in [1.807, 2.05) is 12.1 Å². The minimum atomic E-state index is -3.65. The van der Waals surface area contributed by atoms with E-state index in [0.717, 1.165) is 101 Å². The number of aromatic nitrogens is 6. The van der Waals surface area contributed by atoms with E-state index in [-0.39, 0.29) is 5.41 Å². The van der Waals surface area contributed by atoms with Crippen LogP contribution in [0.1, 0.15) is 25.0 Å². The molecule has 1 aliphatic carbocycles. The summed E-state index contributed by atoms with van der Waals surface area (Å²) in [5.74, 6) is 1.45. The van der Waals surface area contributed by atoms with Gasteiger partial charge >= 0.3 is 581 Å². The summed E-state index contributed by atoms with van der Waals surface area (Å²) in [5, 5.41) is 7.11. The van der Waals surface area contributed by atoms with E-state index < -0.39 is 26.5 Å². The Bertz CT molecular complexity index is 7450. The van der Waals surface area contributed by atoms with Crippen molar-refractivity contribution in [1.82, 2.24) is 29.1 Å². The molecule has 0 saturated carbocycles. The Hall–Kier alpha value is -13.8. The van der Waals surface area contributed by atoms with E-state index in [1.165, 1.54) is 95.7 Å². The second-order valence-corrected chi connectivity index (χ2v) is 46.9. The van der Waals surface area contributed by atoms with Gasteiger partial charge < -0.3 is 4.42 Å². The third-order valence-corrected chi connectivity index (χ3v) is 45.4. The van der Waals surface area contributed by atoms with E-state index in [9.17, 15) is 0 Å². The van der Waals surface area contributed by atoms with Crippen molar-refractivity contribution in [1.29, 1.82) is 0 Å². The molecule has 0 unspecified atom stereocenters. The molecule has 0 bridgehead atoms. The molecule has 7 heterocycles. The molecule has 2 aliphatic heterocycles. The topological polar surface area (TPSA) is 74.6 Å². The van der Waals surface area contributed by atoms with E-state index in [1.54, 1.807) is 0 Å². The van der Waals surface area contributed by atoms with Gasteiger partial charge in [0, 0.05) is 5.41 Å². The van der Waals surface area contributed by atoms with E-state index in [0.29, 0.717) is 5.82 Å². The van der Waals surface area contributed by atoms with E-state index in [2.05, 4.69) is 411 Å². The monoisotopic (exact) mass is 1600 g/mol. The molecule has 544 valence electrons. The molecule has 0 amide bonds. The molecule has 3 aliphatic rings. The minimum absolute atomic E-state index is 0.0643. The van der Waals surface area contributed by atoms with Crippen LogP contribution in [-0.4, -0.2) is 55.6 Å². The first-order valence-electron chi connectivity index (χ1n) is 39.9. The molecule has 21 aromatic rings. The molecule has 24 rings (SSSR count). The van der Waals surface area contributed by atoms with Crippen LogP contribution < -0.4 is 35.2 Å². The molecule has 0 spiro atoms. The zero-order valence-corrected chi connectivity index (χ0v) is 67.9. The van der Waals surface area contributed by atoms with Crippen molar-refractivity contribution >= 4 is 127 Å². The molecule has 0 saturated heterocycles. The predicted octanol–water partition coefficient (Wildman–Crippen LogP) is 20.7. The van der Waals surface area contributed by atoms with Crippen molar-refractivity contribution in [3.63, 3.8) is 0 Å². The van der Waals surface area contributed by atoms with Gasteiger partial charge in [-0.25, -0.2) is 0 Å². The van der Waals surface area contributed by atoms with Crippen molar-refractivity contribution in [3.05, 3.63) is 412 Å². The van der Waals surface area contributed by atoms with Crippen LogP contribution in [0.2, 0.25) is 0 Å².